The molecule has 102 valence electrons. The Balaban J connectivity index is 2.67. The van der Waals surface area contributed by atoms with Crippen molar-refractivity contribution in [2.45, 2.75) is 31.8 Å². The number of benzene rings is 1. The van der Waals surface area contributed by atoms with Crippen LogP contribution in [0.5, 0.6) is 5.75 Å². The van der Waals surface area contributed by atoms with Crippen molar-refractivity contribution >= 4 is 0 Å². The first kappa shape index (κ1) is 15.0. The summed E-state index contributed by atoms with van der Waals surface area (Å²) in [7, 11) is 1.66. The van der Waals surface area contributed by atoms with Gasteiger partial charge >= 0.3 is 0 Å². The van der Waals surface area contributed by atoms with Crippen molar-refractivity contribution in [2.75, 3.05) is 20.3 Å². The van der Waals surface area contributed by atoms with E-state index < -0.39 is 5.54 Å². The van der Waals surface area contributed by atoms with Crippen LogP contribution in [0.1, 0.15) is 19.4 Å². The number of aliphatic hydroxyl groups excluding tert-OH is 2. The van der Waals surface area contributed by atoms with Gasteiger partial charge in [0.1, 0.15) is 5.75 Å². The van der Waals surface area contributed by atoms with Gasteiger partial charge < -0.3 is 20.3 Å². The zero-order chi connectivity index (χ0) is 13.6. The summed E-state index contributed by atoms with van der Waals surface area (Å²) < 4.78 is 5.30. The maximum atomic E-state index is 9.25. The normalized spacial score (nSPS) is 13.4. The first-order valence-electron chi connectivity index (χ1n) is 6.16. The lowest BCUT2D eigenvalue weighted by Crippen LogP contribution is -2.53. The third kappa shape index (κ3) is 3.98. The third-order valence-corrected chi connectivity index (χ3v) is 3.01. The molecule has 0 saturated heterocycles. The molecule has 4 nitrogen and oxygen atoms in total. The first-order chi connectivity index (χ1) is 8.54. The quantitative estimate of drug-likeness (QED) is 0.677. The van der Waals surface area contributed by atoms with E-state index in [4.69, 9.17) is 4.74 Å². The van der Waals surface area contributed by atoms with Gasteiger partial charge in [0.05, 0.1) is 25.9 Å². The SMILES string of the molecule is COc1ccccc1CC(C)NC(C)(CO)CO. The van der Waals surface area contributed by atoms with Gasteiger partial charge in [-0.2, -0.15) is 0 Å². The fourth-order valence-electron chi connectivity index (χ4n) is 1.99. The van der Waals surface area contributed by atoms with Gasteiger partial charge in [0.25, 0.3) is 0 Å². The van der Waals surface area contributed by atoms with E-state index in [1.54, 1.807) is 14.0 Å². The van der Waals surface area contributed by atoms with Crippen LogP contribution in [0.4, 0.5) is 0 Å². The summed E-state index contributed by atoms with van der Waals surface area (Å²) in [5, 5.41) is 21.7. The van der Waals surface area contributed by atoms with E-state index in [2.05, 4.69) is 5.32 Å². The Hall–Kier alpha value is -1.10. The minimum absolute atomic E-state index is 0.0975. The van der Waals surface area contributed by atoms with E-state index in [1.165, 1.54) is 0 Å². The molecule has 4 heteroatoms. The molecule has 0 heterocycles. The molecule has 1 unspecified atom stereocenters. The molecule has 1 rings (SSSR count). The fraction of sp³-hybridized carbons (Fsp3) is 0.571. The van der Waals surface area contributed by atoms with E-state index in [1.807, 2.05) is 31.2 Å². The van der Waals surface area contributed by atoms with Crippen LogP contribution < -0.4 is 10.1 Å². The molecule has 1 aromatic carbocycles. The van der Waals surface area contributed by atoms with E-state index in [0.29, 0.717) is 0 Å². The molecule has 18 heavy (non-hydrogen) atoms. The van der Waals surface area contributed by atoms with Crippen LogP contribution in [-0.4, -0.2) is 42.1 Å². The lowest BCUT2D eigenvalue weighted by molar-refractivity contribution is 0.0956. The number of ether oxygens (including phenoxy) is 1. The van der Waals surface area contributed by atoms with Gasteiger partial charge in [-0.1, -0.05) is 18.2 Å². The molecule has 0 amide bonds. The second-order valence-electron chi connectivity index (χ2n) is 4.94. The Kier molecular flexibility index (Phi) is 5.59. The van der Waals surface area contributed by atoms with Crippen LogP contribution in [0.15, 0.2) is 24.3 Å². The highest BCUT2D eigenvalue weighted by Crippen LogP contribution is 2.19. The van der Waals surface area contributed by atoms with Crippen molar-refractivity contribution in [3.63, 3.8) is 0 Å². The van der Waals surface area contributed by atoms with Gasteiger partial charge in [-0.25, -0.2) is 0 Å². The Morgan fingerprint density at radius 2 is 1.89 bits per heavy atom. The molecule has 0 aliphatic rings. The third-order valence-electron chi connectivity index (χ3n) is 3.01. The molecule has 1 aromatic rings. The van der Waals surface area contributed by atoms with Crippen molar-refractivity contribution in [3.05, 3.63) is 29.8 Å². The van der Waals surface area contributed by atoms with Crippen molar-refractivity contribution < 1.29 is 14.9 Å². The number of aliphatic hydroxyl groups is 2. The summed E-state index contributed by atoms with van der Waals surface area (Å²) in [6.07, 6.45) is 0.777. The number of nitrogens with one attached hydrogen (secondary N) is 1. The summed E-state index contributed by atoms with van der Waals surface area (Å²) in [6.45, 7) is 3.63. The van der Waals surface area contributed by atoms with E-state index in [0.717, 1.165) is 17.7 Å². The second kappa shape index (κ2) is 6.73. The van der Waals surface area contributed by atoms with Crippen molar-refractivity contribution in [1.82, 2.24) is 5.32 Å². The molecule has 0 aliphatic heterocycles. The fourth-order valence-corrected chi connectivity index (χ4v) is 1.99. The van der Waals surface area contributed by atoms with Crippen LogP contribution in [0, 0.1) is 0 Å². The highest BCUT2D eigenvalue weighted by atomic mass is 16.5. The summed E-state index contributed by atoms with van der Waals surface area (Å²) >= 11 is 0. The predicted octanol–water partition coefficient (Wildman–Crippen LogP) is 0.959. The zero-order valence-corrected chi connectivity index (χ0v) is 11.3. The number of hydrogen-bond acceptors (Lipinski definition) is 4. The second-order valence-corrected chi connectivity index (χ2v) is 4.94. The molecule has 0 bridgehead atoms. The number of rotatable bonds is 7. The molecule has 0 radical (unpaired) electrons. The van der Waals surface area contributed by atoms with Crippen LogP contribution in [0.3, 0.4) is 0 Å². The zero-order valence-electron chi connectivity index (χ0n) is 11.3. The molecular formula is C14H23NO3. The van der Waals surface area contributed by atoms with Gasteiger partial charge in [0.2, 0.25) is 0 Å². The molecule has 0 aromatic heterocycles. The van der Waals surface area contributed by atoms with E-state index in [-0.39, 0.29) is 19.3 Å². The van der Waals surface area contributed by atoms with Crippen LogP contribution in [-0.2, 0) is 6.42 Å². The summed E-state index contributed by atoms with van der Waals surface area (Å²) in [4.78, 5) is 0. The Labute approximate surface area is 109 Å². The minimum atomic E-state index is -0.651. The predicted molar refractivity (Wildman–Crippen MR) is 71.9 cm³/mol. The van der Waals surface area contributed by atoms with E-state index in [9.17, 15) is 10.2 Å². The largest absolute Gasteiger partial charge is 0.496 e. The highest BCUT2D eigenvalue weighted by Gasteiger charge is 2.24. The minimum Gasteiger partial charge on any atom is -0.496 e. The topological polar surface area (TPSA) is 61.7 Å². The molecule has 3 N–H and O–H groups in total. The molecule has 0 spiro atoms. The standard InChI is InChI=1S/C14H23NO3/c1-11(15-14(2,9-16)10-17)8-12-6-4-5-7-13(12)18-3/h4-7,11,15-17H,8-10H2,1-3H3. The molecule has 0 saturated carbocycles. The van der Waals surface area contributed by atoms with Gasteiger partial charge in [0.15, 0.2) is 0 Å². The van der Waals surface area contributed by atoms with Crippen molar-refractivity contribution in [1.29, 1.82) is 0 Å². The van der Waals surface area contributed by atoms with Crippen molar-refractivity contribution in [3.8, 4) is 5.75 Å². The summed E-state index contributed by atoms with van der Waals surface area (Å²) in [5.41, 5.74) is 0.458. The van der Waals surface area contributed by atoms with Gasteiger partial charge in [0, 0.05) is 6.04 Å². The summed E-state index contributed by atoms with van der Waals surface area (Å²) in [5.74, 6) is 0.862. The van der Waals surface area contributed by atoms with Crippen molar-refractivity contribution in [2.24, 2.45) is 0 Å². The lowest BCUT2D eigenvalue weighted by atomic mass is 10.0. The van der Waals surface area contributed by atoms with Gasteiger partial charge in [-0.15, -0.1) is 0 Å². The summed E-state index contributed by atoms with van der Waals surface area (Å²) in [6, 6.07) is 7.99. The maximum Gasteiger partial charge on any atom is 0.122 e. The highest BCUT2D eigenvalue weighted by molar-refractivity contribution is 5.33. The first-order valence-corrected chi connectivity index (χ1v) is 6.16. The van der Waals surface area contributed by atoms with Gasteiger partial charge in [-0.3, -0.25) is 0 Å². The van der Waals surface area contributed by atoms with Crippen LogP contribution >= 0.6 is 0 Å². The number of hydrogen-bond donors (Lipinski definition) is 3. The average molecular weight is 253 g/mol. The van der Waals surface area contributed by atoms with Crippen LogP contribution in [0.2, 0.25) is 0 Å². The monoisotopic (exact) mass is 253 g/mol. The average Bonchev–Trinajstić information content (AvgIpc) is 2.39. The molecular weight excluding hydrogens is 230 g/mol. The van der Waals surface area contributed by atoms with E-state index >= 15 is 0 Å². The number of methoxy groups -OCH3 is 1. The Morgan fingerprint density at radius 1 is 1.28 bits per heavy atom. The maximum absolute atomic E-state index is 9.25. The molecule has 0 aliphatic carbocycles. The molecule has 1 atom stereocenters. The smallest absolute Gasteiger partial charge is 0.122 e. The van der Waals surface area contributed by atoms with Gasteiger partial charge in [-0.05, 0) is 31.9 Å². The lowest BCUT2D eigenvalue weighted by Gasteiger charge is -2.30. The Morgan fingerprint density at radius 3 is 2.44 bits per heavy atom. The molecule has 0 fully saturated rings. The Bertz CT molecular complexity index is 364. The number of para-hydroxylation sites is 1. The van der Waals surface area contributed by atoms with Crippen LogP contribution in [0.25, 0.3) is 0 Å².